The maximum absolute atomic E-state index is 12.3. The first-order valence-corrected chi connectivity index (χ1v) is 7.81. The van der Waals surface area contributed by atoms with Gasteiger partial charge in [0, 0.05) is 11.8 Å². The molecule has 2 saturated carbocycles. The van der Waals surface area contributed by atoms with E-state index < -0.39 is 0 Å². The number of hydrogen-bond donors (Lipinski definition) is 0. The van der Waals surface area contributed by atoms with Crippen LogP contribution in [-0.4, -0.2) is 5.78 Å². The van der Waals surface area contributed by atoms with Gasteiger partial charge in [0.15, 0.2) is 0 Å². The van der Waals surface area contributed by atoms with Crippen molar-refractivity contribution in [2.75, 3.05) is 0 Å². The van der Waals surface area contributed by atoms with Gasteiger partial charge < -0.3 is 0 Å². The van der Waals surface area contributed by atoms with E-state index >= 15 is 0 Å². The molecule has 2 fully saturated rings. The van der Waals surface area contributed by atoms with Gasteiger partial charge >= 0.3 is 0 Å². The standard InChI is InChI=1S/C18H22O/c1-18-11-10-14-13-5-3-2-4-12(13)6-7-15(14)16(18)8-9-17(18)19/h2-5,14-16H,6-11H2,1H3. The smallest absolute Gasteiger partial charge is 0.139 e. The van der Waals surface area contributed by atoms with E-state index in [0.717, 1.165) is 31.1 Å². The molecule has 19 heavy (non-hydrogen) atoms. The Morgan fingerprint density at radius 2 is 1.95 bits per heavy atom. The van der Waals surface area contributed by atoms with Crippen molar-refractivity contribution in [3.8, 4) is 0 Å². The van der Waals surface area contributed by atoms with Crippen molar-refractivity contribution in [1.29, 1.82) is 0 Å². The lowest BCUT2D eigenvalue weighted by Crippen LogP contribution is -2.42. The molecule has 0 N–H and O–H groups in total. The summed E-state index contributed by atoms with van der Waals surface area (Å²) in [6.07, 6.45) is 6.85. The molecule has 1 heteroatoms. The molecule has 0 bridgehead atoms. The first-order valence-electron chi connectivity index (χ1n) is 7.81. The van der Waals surface area contributed by atoms with Crippen LogP contribution in [0.3, 0.4) is 0 Å². The van der Waals surface area contributed by atoms with Crippen molar-refractivity contribution < 1.29 is 4.79 Å². The number of ketones is 1. The van der Waals surface area contributed by atoms with E-state index in [2.05, 4.69) is 31.2 Å². The van der Waals surface area contributed by atoms with Gasteiger partial charge in [-0.1, -0.05) is 31.2 Å². The highest BCUT2D eigenvalue weighted by Gasteiger charge is 2.54. The lowest BCUT2D eigenvalue weighted by Gasteiger charge is -2.48. The molecule has 4 rings (SSSR count). The highest BCUT2D eigenvalue weighted by atomic mass is 16.1. The highest BCUT2D eigenvalue weighted by Crippen LogP contribution is 2.59. The molecule has 4 unspecified atom stereocenters. The summed E-state index contributed by atoms with van der Waals surface area (Å²) in [4.78, 5) is 12.3. The Labute approximate surface area is 115 Å². The summed E-state index contributed by atoms with van der Waals surface area (Å²) in [7, 11) is 0. The van der Waals surface area contributed by atoms with E-state index in [0.29, 0.717) is 11.7 Å². The van der Waals surface area contributed by atoms with E-state index in [9.17, 15) is 4.79 Å². The summed E-state index contributed by atoms with van der Waals surface area (Å²) in [5.41, 5.74) is 3.19. The molecule has 0 spiro atoms. The van der Waals surface area contributed by atoms with E-state index in [4.69, 9.17) is 0 Å². The maximum atomic E-state index is 12.3. The van der Waals surface area contributed by atoms with Crippen LogP contribution in [0.15, 0.2) is 24.3 Å². The number of fused-ring (bicyclic) bond motifs is 5. The summed E-state index contributed by atoms with van der Waals surface area (Å²) >= 11 is 0. The largest absolute Gasteiger partial charge is 0.299 e. The maximum Gasteiger partial charge on any atom is 0.139 e. The molecule has 1 nitrogen and oxygen atoms in total. The van der Waals surface area contributed by atoms with Gasteiger partial charge in [-0.25, -0.2) is 0 Å². The van der Waals surface area contributed by atoms with Gasteiger partial charge in [0.2, 0.25) is 0 Å². The number of carbonyl (C=O) groups excluding carboxylic acids is 1. The number of rotatable bonds is 0. The van der Waals surface area contributed by atoms with Crippen molar-refractivity contribution in [1.82, 2.24) is 0 Å². The topological polar surface area (TPSA) is 17.1 Å². The van der Waals surface area contributed by atoms with Gasteiger partial charge in [-0.05, 0) is 61.0 Å². The minimum atomic E-state index is 0.0213. The third kappa shape index (κ3) is 1.50. The number of carbonyl (C=O) groups is 1. The molecule has 0 amide bonds. The Kier molecular flexibility index (Phi) is 2.43. The zero-order valence-corrected chi connectivity index (χ0v) is 11.7. The minimum absolute atomic E-state index is 0.0213. The normalized spacial score (nSPS) is 40.5. The fourth-order valence-corrected chi connectivity index (χ4v) is 5.29. The fraction of sp³-hybridized carbons (Fsp3) is 0.611. The number of Topliss-reactive ketones (excluding diaryl/α,β-unsaturated/α-hetero) is 1. The van der Waals surface area contributed by atoms with Crippen molar-refractivity contribution in [3.05, 3.63) is 35.4 Å². The molecule has 100 valence electrons. The van der Waals surface area contributed by atoms with Crippen LogP contribution in [-0.2, 0) is 11.2 Å². The van der Waals surface area contributed by atoms with Crippen LogP contribution in [0.2, 0.25) is 0 Å². The van der Waals surface area contributed by atoms with Crippen molar-refractivity contribution in [3.63, 3.8) is 0 Å². The summed E-state index contributed by atoms with van der Waals surface area (Å²) in [5, 5.41) is 0. The second-order valence-electron chi connectivity index (χ2n) is 7.03. The Hall–Kier alpha value is -1.11. The lowest BCUT2D eigenvalue weighted by atomic mass is 9.55. The molecule has 3 aliphatic rings. The van der Waals surface area contributed by atoms with Crippen LogP contribution >= 0.6 is 0 Å². The minimum Gasteiger partial charge on any atom is -0.299 e. The molecule has 1 aromatic carbocycles. The Bertz CT molecular complexity index is 532. The van der Waals surface area contributed by atoms with Crippen LogP contribution in [0.5, 0.6) is 0 Å². The van der Waals surface area contributed by atoms with Crippen molar-refractivity contribution >= 4 is 5.78 Å². The number of benzene rings is 1. The highest BCUT2D eigenvalue weighted by molar-refractivity contribution is 5.87. The van der Waals surface area contributed by atoms with Crippen molar-refractivity contribution in [2.24, 2.45) is 17.3 Å². The average Bonchev–Trinajstić information content (AvgIpc) is 2.75. The molecular weight excluding hydrogens is 232 g/mol. The van der Waals surface area contributed by atoms with Crippen LogP contribution < -0.4 is 0 Å². The van der Waals surface area contributed by atoms with Gasteiger partial charge in [0.25, 0.3) is 0 Å². The molecule has 3 aliphatic carbocycles. The molecule has 0 aromatic heterocycles. The molecule has 0 saturated heterocycles. The van der Waals surface area contributed by atoms with E-state index in [1.54, 1.807) is 11.1 Å². The van der Waals surface area contributed by atoms with Gasteiger partial charge in [0.1, 0.15) is 5.78 Å². The van der Waals surface area contributed by atoms with Gasteiger partial charge in [-0.3, -0.25) is 4.79 Å². The average molecular weight is 254 g/mol. The summed E-state index contributed by atoms with van der Waals surface area (Å²) < 4.78 is 0. The predicted molar refractivity (Wildman–Crippen MR) is 76.1 cm³/mol. The van der Waals surface area contributed by atoms with Gasteiger partial charge in [-0.15, -0.1) is 0 Å². The molecule has 4 atom stereocenters. The van der Waals surface area contributed by atoms with Crippen LogP contribution in [0, 0.1) is 17.3 Å². The molecular formula is C18H22O. The van der Waals surface area contributed by atoms with Gasteiger partial charge in [0.05, 0.1) is 0 Å². The lowest BCUT2D eigenvalue weighted by molar-refractivity contribution is -0.129. The third-order valence-electron chi connectivity index (χ3n) is 6.35. The molecule has 0 heterocycles. The monoisotopic (exact) mass is 254 g/mol. The summed E-state index contributed by atoms with van der Waals surface area (Å²) in [5.74, 6) is 2.70. The van der Waals surface area contributed by atoms with E-state index in [1.807, 2.05) is 0 Å². The van der Waals surface area contributed by atoms with Crippen molar-refractivity contribution in [2.45, 2.75) is 51.4 Å². The SMILES string of the molecule is CC12CCC3c4ccccc4CCC3C1CCC2=O. The Morgan fingerprint density at radius 3 is 2.84 bits per heavy atom. The third-order valence-corrected chi connectivity index (χ3v) is 6.35. The Morgan fingerprint density at radius 1 is 1.11 bits per heavy atom. The zero-order valence-electron chi connectivity index (χ0n) is 11.7. The van der Waals surface area contributed by atoms with Gasteiger partial charge in [-0.2, -0.15) is 0 Å². The zero-order chi connectivity index (χ0) is 13.0. The molecule has 1 aromatic rings. The second kappa shape index (κ2) is 3.94. The molecule has 0 aliphatic heterocycles. The first-order chi connectivity index (χ1) is 9.20. The fourth-order valence-electron chi connectivity index (χ4n) is 5.29. The van der Waals surface area contributed by atoms with Crippen LogP contribution in [0.4, 0.5) is 0 Å². The quantitative estimate of drug-likeness (QED) is 0.681. The summed E-state index contributed by atoms with van der Waals surface area (Å²) in [6, 6.07) is 9.00. The summed E-state index contributed by atoms with van der Waals surface area (Å²) in [6.45, 7) is 2.25. The van der Waals surface area contributed by atoms with E-state index in [-0.39, 0.29) is 5.41 Å². The van der Waals surface area contributed by atoms with Crippen LogP contribution in [0.1, 0.15) is 56.1 Å². The number of hydrogen-bond acceptors (Lipinski definition) is 1. The molecule has 0 radical (unpaired) electrons. The van der Waals surface area contributed by atoms with Crippen LogP contribution in [0.25, 0.3) is 0 Å². The number of aryl methyl sites for hydroxylation is 1. The Balaban J connectivity index is 1.74. The predicted octanol–water partition coefficient (Wildman–Crippen LogP) is 4.11. The first kappa shape index (κ1) is 11.7. The van der Waals surface area contributed by atoms with E-state index in [1.165, 1.54) is 19.3 Å². The second-order valence-corrected chi connectivity index (χ2v) is 7.03.